The Balaban J connectivity index is 3.41. The zero-order chi connectivity index (χ0) is 43.7. The predicted octanol–water partition coefficient (Wildman–Crippen LogP) is 16.1. The number of esters is 1. The number of unbranched alkanes of at least 4 members (excludes halogenated alkanes) is 37. The molecule has 0 heterocycles. The molecule has 60 heavy (non-hydrogen) atoms. The molecule has 0 spiro atoms. The number of carbonyl (C=O) groups is 2. The van der Waals surface area contributed by atoms with Gasteiger partial charge < -0.3 is 20.3 Å². The van der Waals surface area contributed by atoms with Gasteiger partial charge >= 0.3 is 5.97 Å². The van der Waals surface area contributed by atoms with Gasteiger partial charge in [0, 0.05) is 12.8 Å². The molecule has 0 bridgehead atoms. The van der Waals surface area contributed by atoms with Gasteiger partial charge in [-0.3, -0.25) is 9.59 Å². The van der Waals surface area contributed by atoms with Crippen LogP contribution in [0.3, 0.4) is 0 Å². The van der Waals surface area contributed by atoms with Crippen LogP contribution in [-0.2, 0) is 14.3 Å². The number of hydrogen-bond donors (Lipinski definition) is 3. The number of carbonyl (C=O) groups excluding carboxylic acids is 2. The highest BCUT2D eigenvalue weighted by Crippen LogP contribution is 2.17. The summed E-state index contributed by atoms with van der Waals surface area (Å²) in [5.74, 6) is -0.0445. The van der Waals surface area contributed by atoms with Gasteiger partial charge in [0.25, 0.3) is 0 Å². The molecular weight excluding hydrogens is 743 g/mol. The Labute approximate surface area is 374 Å². The summed E-state index contributed by atoms with van der Waals surface area (Å²) in [5, 5.41) is 23.1. The number of ether oxygens (including phenoxy) is 1. The van der Waals surface area contributed by atoms with E-state index in [9.17, 15) is 19.8 Å². The average Bonchev–Trinajstić information content (AvgIpc) is 3.25. The SMILES string of the molecule is CCCCCCCCCCCCCCCCCC(=O)OCCCCCCCCCCC/C=C\CCCCCCCC(=O)NC(CO)C(O)CCCCCCCCCCCC. The van der Waals surface area contributed by atoms with Gasteiger partial charge in [0.05, 0.1) is 25.4 Å². The molecule has 0 aromatic carbocycles. The lowest BCUT2D eigenvalue weighted by atomic mass is 10.0. The van der Waals surface area contributed by atoms with Gasteiger partial charge in [0.15, 0.2) is 0 Å². The quantitative estimate of drug-likeness (QED) is 0.0322. The van der Waals surface area contributed by atoms with Gasteiger partial charge in [-0.05, 0) is 51.4 Å². The molecule has 0 aliphatic rings. The summed E-state index contributed by atoms with van der Waals surface area (Å²) in [6.45, 7) is 4.93. The fourth-order valence-corrected chi connectivity index (χ4v) is 8.40. The van der Waals surface area contributed by atoms with Crippen molar-refractivity contribution in [1.29, 1.82) is 0 Å². The molecule has 0 aromatic rings. The van der Waals surface area contributed by atoms with Crippen LogP contribution in [0.1, 0.15) is 296 Å². The summed E-state index contributed by atoms with van der Waals surface area (Å²) in [6, 6.07) is -0.549. The van der Waals surface area contributed by atoms with E-state index in [0.717, 1.165) is 51.4 Å². The molecule has 2 unspecified atom stereocenters. The summed E-state index contributed by atoms with van der Waals surface area (Å²) in [7, 11) is 0. The van der Waals surface area contributed by atoms with Gasteiger partial charge in [-0.15, -0.1) is 0 Å². The van der Waals surface area contributed by atoms with Crippen molar-refractivity contribution in [1.82, 2.24) is 5.32 Å². The maximum atomic E-state index is 12.4. The lowest BCUT2D eigenvalue weighted by Gasteiger charge is -2.22. The van der Waals surface area contributed by atoms with Crippen LogP contribution < -0.4 is 5.32 Å². The second-order valence-corrected chi connectivity index (χ2v) is 18.6. The molecule has 3 N–H and O–H groups in total. The van der Waals surface area contributed by atoms with Crippen LogP contribution in [0.4, 0.5) is 0 Å². The zero-order valence-corrected chi connectivity index (χ0v) is 40.5. The van der Waals surface area contributed by atoms with Crippen LogP contribution in [0, 0.1) is 0 Å². The van der Waals surface area contributed by atoms with Crippen LogP contribution in [0.2, 0.25) is 0 Å². The standard InChI is InChI=1S/C54H105NO5/c1-3-5-7-9-11-13-15-16-21-25-28-32-36-40-44-48-54(59)60-49-45-41-37-33-29-26-23-20-18-17-19-22-24-27-31-35-39-43-47-53(58)55-51(50-56)52(57)46-42-38-34-30-14-12-10-8-6-4-2/h19,22,51-52,56-57H,3-18,20-21,23-50H2,1-2H3,(H,55,58)/b22-19-. The van der Waals surface area contributed by atoms with Gasteiger partial charge in [0.2, 0.25) is 5.91 Å². The number of nitrogens with one attached hydrogen (secondary N) is 1. The first-order chi connectivity index (χ1) is 29.5. The third kappa shape index (κ3) is 46.1. The maximum absolute atomic E-state index is 12.4. The van der Waals surface area contributed by atoms with E-state index in [-0.39, 0.29) is 18.5 Å². The van der Waals surface area contributed by atoms with Gasteiger partial charge in [-0.1, -0.05) is 244 Å². The number of hydrogen-bond acceptors (Lipinski definition) is 5. The van der Waals surface area contributed by atoms with E-state index in [1.165, 1.54) is 212 Å². The van der Waals surface area contributed by atoms with Gasteiger partial charge in [-0.25, -0.2) is 0 Å². The Bertz CT molecular complexity index is 893. The van der Waals surface area contributed by atoms with E-state index >= 15 is 0 Å². The third-order valence-corrected chi connectivity index (χ3v) is 12.6. The molecule has 0 saturated carbocycles. The monoisotopic (exact) mass is 848 g/mol. The third-order valence-electron chi connectivity index (χ3n) is 12.6. The highest BCUT2D eigenvalue weighted by molar-refractivity contribution is 5.76. The van der Waals surface area contributed by atoms with Crippen LogP contribution >= 0.6 is 0 Å². The molecule has 6 nitrogen and oxygen atoms in total. The summed E-state index contributed by atoms with van der Waals surface area (Å²) in [4.78, 5) is 24.4. The van der Waals surface area contributed by atoms with Crippen molar-refractivity contribution in [2.24, 2.45) is 0 Å². The molecule has 2 atom stereocenters. The van der Waals surface area contributed by atoms with E-state index in [4.69, 9.17) is 4.74 Å². The lowest BCUT2D eigenvalue weighted by Crippen LogP contribution is -2.45. The predicted molar refractivity (Wildman–Crippen MR) is 260 cm³/mol. The molecule has 0 fully saturated rings. The molecule has 0 rings (SSSR count). The molecule has 1 amide bonds. The fraction of sp³-hybridized carbons (Fsp3) is 0.926. The highest BCUT2D eigenvalue weighted by Gasteiger charge is 2.20. The summed E-state index contributed by atoms with van der Waals surface area (Å²) in [6.07, 6.45) is 57.7. The average molecular weight is 848 g/mol. The molecule has 0 aromatic heterocycles. The number of aliphatic hydroxyl groups excluding tert-OH is 2. The first-order valence-corrected chi connectivity index (χ1v) is 26.9. The van der Waals surface area contributed by atoms with Crippen molar-refractivity contribution in [3.8, 4) is 0 Å². The number of allylic oxidation sites excluding steroid dienone is 2. The Kier molecular flexibility index (Phi) is 49.1. The summed E-state index contributed by atoms with van der Waals surface area (Å²) >= 11 is 0. The maximum Gasteiger partial charge on any atom is 0.305 e. The highest BCUT2D eigenvalue weighted by atomic mass is 16.5. The minimum Gasteiger partial charge on any atom is -0.466 e. The number of rotatable bonds is 50. The Morgan fingerprint density at radius 3 is 1.18 bits per heavy atom. The Morgan fingerprint density at radius 1 is 0.450 bits per heavy atom. The Morgan fingerprint density at radius 2 is 0.783 bits per heavy atom. The molecule has 0 aliphatic heterocycles. The first kappa shape index (κ1) is 58.6. The molecule has 0 aliphatic carbocycles. The van der Waals surface area contributed by atoms with Crippen molar-refractivity contribution in [3.05, 3.63) is 12.2 Å². The van der Waals surface area contributed by atoms with Crippen molar-refractivity contribution in [2.45, 2.75) is 309 Å². The summed E-state index contributed by atoms with van der Waals surface area (Å²) in [5.41, 5.74) is 0. The smallest absolute Gasteiger partial charge is 0.305 e. The lowest BCUT2D eigenvalue weighted by molar-refractivity contribution is -0.143. The van der Waals surface area contributed by atoms with Crippen molar-refractivity contribution < 1.29 is 24.5 Å². The molecule has 0 radical (unpaired) electrons. The first-order valence-electron chi connectivity index (χ1n) is 26.9. The van der Waals surface area contributed by atoms with E-state index < -0.39 is 12.1 Å². The van der Waals surface area contributed by atoms with Crippen LogP contribution in [0.25, 0.3) is 0 Å². The second-order valence-electron chi connectivity index (χ2n) is 18.6. The summed E-state index contributed by atoms with van der Waals surface area (Å²) < 4.78 is 5.47. The van der Waals surface area contributed by atoms with E-state index in [2.05, 4.69) is 31.3 Å². The molecule has 356 valence electrons. The van der Waals surface area contributed by atoms with Gasteiger partial charge in [0.1, 0.15) is 0 Å². The van der Waals surface area contributed by atoms with E-state index in [1.54, 1.807) is 0 Å². The van der Waals surface area contributed by atoms with E-state index in [1.807, 2.05) is 0 Å². The molecule has 6 heteroatoms. The van der Waals surface area contributed by atoms with Crippen molar-refractivity contribution in [3.63, 3.8) is 0 Å². The normalized spacial score (nSPS) is 12.7. The zero-order valence-electron chi connectivity index (χ0n) is 40.5. The minimum absolute atomic E-state index is 0.00587. The molecular formula is C54H105NO5. The fourth-order valence-electron chi connectivity index (χ4n) is 8.40. The topological polar surface area (TPSA) is 95.9 Å². The number of aliphatic hydroxyl groups is 2. The van der Waals surface area contributed by atoms with E-state index in [0.29, 0.717) is 25.9 Å². The number of amides is 1. The Hall–Kier alpha value is -1.40. The van der Waals surface area contributed by atoms with Crippen molar-refractivity contribution >= 4 is 11.9 Å². The van der Waals surface area contributed by atoms with Crippen LogP contribution in [0.15, 0.2) is 12.2 Å². The van der Waals surface area contributed by atoms with Crippen molar-refractivity contribution in [2.75, 3.05) is 13.2 Å². The second kappa shape index (κ2) is 50.2. The van der Waals surface area contributed by atoms with Crippen LogP contribution in [-0.4, -0.2) is 47.4 Å². The minimum atomic E-state index is -0.670. The van der Waals surface area contributed by atoms with Crippen LogP contribution in [0.5, 0.6) is 0 Å². The van der Waals surface area contributed by atoms with Gasteiger partial charge in [-0.2, -0.15) is 0 Å². The largest absolute Gasteiger partial charge is 0.466 e. The molecule has 0 saturated heterocycles.